The van der Waals surface area contributed by atoms with Gasteiger partial charge in [-0.25, -0.2) is 4.79 Å². The predicted molar refractivity (Wildman–Crippen MR) is 291 cm³/mol. The van der Waals surface area contributed by atoms with Crippen LogP contribution in [-0.2, 0) is 56.9 Å². The minimum Gasteiger partial charge on any atom is -0.478 e. The number of carboxylic acid groups (broad SMARTS) is 1. The molecule has 4 aliphatic rings. The van der Waals surface area contributed by atoms with Gasteiger partial charge in [-0.15, -0.1) is 0 Å². The number of hydrogen-bond acceptors (Lipinski definition) is 21. The second-order valence-corrected chi connectivity index (χ2v) is 22.9. The Balaban J connectivity index is 1.41. The predicted octanol–water partition coefficient (Wildman–Crippen LogP) is 3.11. The molecule has 0 bridgehead atoms. The lowest BCUT2D eigenvalue weighted by Crippen LogP contribution is -2.65. The number of ether oxygens (including phenoxy) is 11. The smallest absolute Gasteiger partial charge is 0.331 e. The molecule has 25 atom stereocenters. The van der Waals surface area contributed by atoms with E-state index in [0.29, 0.717) is 6.42 Å². The second-order valence-electron chi connectivity index (χ2n) is 22.9. The van der Waals surface area contributed by atoms with Crippen LogP contribution in [0.3, 0.4) is 0 Å². The van der Waals surface area contributed by atoms with Crippen LogP contribution in [0.1, 0.15) is 115 Å². The number of rotatable bonds is 28. The molecule has 4 fully saturated rings. The Kier molecular flexibility index (Phi) is 27.5. The van der Waals surface area contributed by atoms with Crippen LogP contribution in [0.5, 0.6) is 0 Å². The SMILES string of the molecule is COCC(CC1OC(O)(C(O)C(O)CC(OC)C(O)CCC=C(C)C=CC(OC2OC(C)C(OC)C(O)C2O)C(C)C=C(C)C=C(C)C=C(C)C(=O)O)C(C)C(O)C1C)OC1CC(C)(O)C(OC2CC(OC)C(O)C(C)O2)C(C)O1. The van der Waals surface area contributed by atoms with Crippen LogP contribution in [0, 0.1) is 17.8 Å². The summed E-state index contributed by atoms with van der Waals surface area (Å²) in [5, 5.41) is 111. The number of hydrogen-bond donors (Lipinski definition) is 10. The molecule has 4 heterocycles. The highest BCUT2D eigenvalue weighted by Crippen LogP contribution is 2.42. The Morgan fingerprint density at radius 1 is 0.775 bits per heavy atom. The molecule has 4 rings (SSSR count). The van der Waals surface area contributed by atoms with E-state index in [2.05, 4.69) is 0 Å². The highest BCUT2D eigenvalue weighted by atomic mass is 16.7. The van der Waals surface area contributed by atoms with E-state index in [4.69, 9.17) is 52.1 Å². The topological polar surface area (TPSA) is 321 Å². The number of aliphatic hydroxyl groups excluding tert-OH is 7. The molecule has 0 spiro atoms. The Morgan fingerprint density at radius 2 is 1.44 bits per heavy atom. The normalized spacial score (nSPS) is 38.9. The molecule has 0 aromatic rings. The molecular weight excluding hydrogens is 1050 g/mol. The van der Waals surface area contributed by atoms with E-state index in [9.17, 15) is 55.9 Å². The Bertz CT molecular complexity index is 2060. The van der Waals surface area contributed by atoms with Gasteiger partial charge in [0.1, 0.15) is 36.6 Å². The van der Waals surface area contributed by atoms with E-state index in [1.165, 1.54) is 42.3 Å². The molecule has 0 aromatic carbocycles. The Hall–Kier alpha value is -2.63. The molecule has 4 aliphatic heterocycles. The summed E-state index contributed by atoms with van der Waals surface area (Å²) >= 11 is 0. The van der Waals surface area contributed by atoms with E-state index in [1.54, 1.807) is 53.7 Å². The van der Waals surface area contributed by atoms with Crippen LogP contribution >= 0.6 is 0 Å². The summed E-state index contributed by atoms with van der Waals surface area (Å²) in [6.07, 6.45) is -8.66. The number of aliphatic carboxylic acids is 1. The molecule has 462 valence electrons. The van der Waals surface area contributed by atoms with Crippen LogP contribution < -0.4 is 0 Å². The average Bonchev–Trinajstić information content (AvgIpc) is 3.43. The Labute approximate surface area is 472 Å². The van der Waals surface area contributed by atoms with Crippen molar-refractivity contribution in [2.75, 3.05) is 35.0 Å². The largest absolute Gasteiger partial charge is 0.478 e. The fourth-order valence-electron chi connectivity index (χ4n) is 11.3. The van der Waals surface area contributed by atoms with Gasteiger partial charge < -0.3 is 103 Å². The molecule has 0 aromatic heterocycles. The van der Waals surface area contributed by atoms with Crippen LogP contribution in [0.4, 0.5) is 0 Å². The number of aliphatic hydroxyl groups is 9. The molecule has 80 heavy (non-hydrogen) atoms. The highest BCUT2D eigenvalue weighted by Gasteiger charge is 2.57. The number of methoxy groups -OCH3 is 4. The molecule has 25 unspecified atom stereocenters. The van der Waals surface area contributed by atoms with Gasteiger partial charge >= 0.3 is 5.97 Å². The Morgan fingerprint density at radius 3 is 2.04 bits per heavy atom. The fourth-order valence-corrected chi connectivity index (χ4v) is 11.3. The first-order valence-electron chi connectivity index (χ1n) is 27.9. The first-order valence-corrected chi connectivity index (χ1v) is 27.9. The number of allylic oxidation sites excluding steroid dienone is 7. The van der Waals surface area contributed by atoms with Gasteiger partial charge in [0.05, 0.1) is 79.4 Å². The van der Waals surface area contributed by atoms with E-state index in [0.717, 1.165) is 16.7 Å². The van der Waals surface area contributed by atoms with Gasteiger partial charge in [0.15, 0.2) is 24.7 Å². The molecular formula is C58H98O22. The standard InChI is InChI=1S/C58H98O22/c1-29(19-20-42(78-56-51(64)50(63)52(73-15)37(9)76-56)32(4)22-30(2)21-31(3)23-33(5)55(66)67)17-16-18-40(59)44(71-13)25-41(60)53(65)58(69)35(7)48(61)34(6)43(80-58)24-39(28-70-12)77-47-27-57(11,68)54(38(10)75-47)79-46-26-45(72-14)49(62)36(8)74-46/h17,19-23,32,34-54,56,59-65,68-69H,16,18,24-28H2,1-15H3,(H,66,67). The zero-order chi connectivity index (χ0) is 60.1. The van der Waals surface area contributed by atoms with Gasteiger partial charge in [0, 0.05) is 77.4 Å². The summed E-state index contributed by atoms with van der Waals surface area (Å²) in [4.78, 5) is 11.4. The average molecular weight is 1150 g/mol. The van der Waals surface area contributed by atoms with Gasteiger partial charge in [-0.05, 0) is 74.3 Å². The third-order valence-electron chi connectivity index (χ3n) is 16.2. The maximum Gasteiger partial charge on any atom is 0.331 e. The summed E-state index contributed by atoms with van der Waals surface area (Å²) in [7, 11) is 5.74. The van der Waals surface area contributed by atoms with Crippen molar-refractivity contribution < 1.29 is 108 Å². The summed E-state index contributed by atoms with van der Waals surface area (Å²) in [5.74, 6) is -5.51. The lowest BCUT2D eigenvalue weighted by molar-refractivity contribution is -0.366. The summed E-state index contributed by atoms with van der Waals surface area (Å²) < 4.78 is 65.1. The minimum absolute atomic E-state index is 0.0206. The van der Waals surface area contributed by atoms with Gasteiger partial charge in [0.25, 0.3) is 0 Å². The lowest BCUT2D eigenvalue weighted by atomic mass is 9.76. The van der Waals surface area contributed by atoms with E-state index < -0.39 is 152 Å². The zero-order valence-electron chi connectivity index (χ0n) is 49.6. The van der Waals surface area contributed by atoms with Crippen molar-refractivity contribution >= 4 is 5.97 Å². The molecule has 0 aliphatic carbocycles. The lowest BCUT2D eigenvalue weighted by Gasteiger charge is -2.51. The molecule has 22 nitrogen and oxygen atoms in total. The molecule has 10 N–H and O–H groups in total. The monoisotopic (exact) mass is 1150 g/mol. The minimum atomic E-state index is -2.48. The van der Waals surface area contributed by atoms with Crippen molar-refractivity contribution in [3.8, 4) is 0 Å². The second kappa shape index (κ2) is 31.5. The maximum atomic E-state index is 12.1. The van der Waals surface area contributed by atoms with Crippen LogP contribution in [0.15, 0.2) is 58.7 Å². The van der Waals surface area contributed by atoms with Crippen LogP contribution in [0.25, 0.3) is 0 Å². The van der Waals surface area contributed by atoms with E-state index in [1.807, 2.05) is 45.1 Å². The first-order chi connectivity index (χ1) is 37.4. The van der Waals surface area contributed by atoms with E-state index >= 15 is 0 Å². The number of carboxylic acids is 1. The van der Waals surface area contributed by atoms with Crippen molar-refractivity contribution in [3.05, 3.63) is 58.7 Å². The van der Waals surface area contributed by atoms with E-state index in [-0.39, 0.29) is 50.2 Å². The summed E-state index contributed by atoms with van der Waals surface area (Å²) in [6.45, 7) is 18.9. The molecule has 0 amide bonds. The van der Waals surface area contributed by atoms with Gasteiger partial charge in [0.2, 0.25) is 0 Å². The molecule has 22 heteroatoms. The van der Waals surface area contributed by atoms with Crippen molar-refractivity contribution in [1.29, 1.82) is 0 Å². The van der Waals surface area contributed by atoms with Gasteiger partial charge in [-0.3, -0.25) is 0 Å². The highest BCUT2D eigenvalue weighted by molar-refractivity contribution is 5.86. The first kappa shape index (κ1) is 69.9. The third kappa shape index (κ3) is 18.7. The van der Waals surface area contributed by atoms with Crippen molar-refractivity contribution in [1.82, 2.24) is 0 Å². The zero-order valence-corrected chi connectivity index (χ0v) is 49.6. The van der Waals surface area contributed by atoms with Crippen molar-refractivity contribution in [3.63, 3.8) is 0 Å². The quantitative estimate of drug-likeness (QED) is 0.0397. The molecule has 0 saturated carbocycles. The molecule has 0 radical (unpaired) electrons. The van der Waals surface area contributed by atoms with Gasteiger partial charge in [-0.2, -0.15) is 0 Å². The maximum absolute atomic E-state index is 12.1. The molecule has 4 saturated heterocycles. The third-order valence-corrected chi connectivity index (χ3v) is 16.2. The fraction of sp³-hybridized carbons (Fsp3) is 0.810. The van der Waals surface area contributed by atoms with Crippen LogP contribution in [0.2, 0.25) is 0 Å². The van der Waals surface area contributed by atoms with Crippen molar-refractivity contribution in [2.45, 2.75) is 249 Å². The van der Waals surface area contributed by atoms with Gasteiger partial charge in [-0.1, -0.05) is 67.9 Å². The van der Waals surface area contributed by atoms with Crippen LogP contribution in [-0.4, -0.2) is 226 Å². The summed E-state index contributed by atoms with van der Waals surface area (Å²) in [5.41, 5.74) is 1.06. The number of carbonyl (C=O) groups is 1. The summed E-state index contributed by atoms with van der Waals surface area (Å²) in [6, 6.07) is 0. The van der Waals surface area contributed by atoms with Crippen molar-refractivity contribution in [2.24, 2.45) is 17.8 Å².